The summed E-state index contributed by atoms with van der Waals surface area (Å²) < 4.78 is 0. The minimum absolute atomic E-state index is 0.0350. The lowest BCUT2D eigenvalue weighted by Gasteiger charge is -2.22. The maximum atomic E-state index is 9.19. The van der Waals surface area contributed by atoms with Crippen molar-refractivity contribution in [1.82, 2.24) is 0 Å². The van der Waals surface area contributed by atoms with E-state index in [4.69, 9.17) is 17.3 Å². The number of aliphatic hydroxyl groups is 1. The molecule has 15 heavy (non-hydrogen) atoms. The van der Waals surface area contributed by atoms with E-state index in [2.05, 4.69) is 5.32 Å². The van der Waals surface area contributed by atoms with Crippen LogP contribution in [0.2, 0.25) is 5.02 Å². The van der Waals surface area contributed by atoms with Crippen LogP contribution in [0.1, 0.15) is 13.8 Å². The summed E-state index contributed by atoms with van der Waals surface area (Å²) in [5.74, 6) is 0.311. The third kappa shape index (κ3) is 3.01. The largest absolute Gasteiger partial charge is 0.397 e. The van der Waals surface area contributed by atoms with Crippen LogP contribution in [-0.4, -0.2) is 17.8 Å². The van der Waals surface area contributed by atoms with E-state index < -0.39 is 0 Å². The van der Waals surface area contributed by atoms with Crippen molar-refractivity contribution in [2.45, 2.75) is 19.9 Å². The molecule has 0 heterocycles. The quantitative estimate of drug-likeness (QED) is 0.694. The molecule has 0 aliphatic carbocycles. The number of aliphatic hydroxyl groups excluding tert-OH is 1. The van der Waals surface area contributed by atoms with E-state index in [0.29, 0.717) is 22.3 Å². The summed E-state index contributed by atoms with van der Waals surface area (Å²) in [5.41, 5.74) is 7.10. The Hall–Kier alpha value is -0.930. The van der Waals surface area contributed by atoms with Crippen LogP contribution in [0.5, 0.6) is 0 Å². The summed E-state index contributed by atoms with van der Waals surface area (Å²) in [5, 5.41) is 12.9. The molecule has 84 valence electrons. The fourth-order valence-electron chi connectivity index (χ4n) is 1.30. The number of nitrogen functional groups attached to an aromatic ring is 1. The van der Waals surface area contributed by atoms with Crippen molar-refractivity contribution >= 4 is 23.0 Å². The summed E-state index contributed by atoms with van der Waals surface area (Å²) in [6.07, 6.45) is 0. The van der Waals surface area contributed by atoms with Gasteiger partial charge in [-0.3, -0.25) is 0 Å². The molecular formula is C11H17ClN2O. The first-order valence-corrected chi connectivity index (χ1v) is 5.35. The van der Waals surface area contributed by atoms with Gasteiger partial charge in [-0.25, -0.2) is 0 Å². The van der Waals surface area contributed by atoms with Crippen molar-refractivity contribution in [3.8, 4) is 0 Å². The van der Waals surface area contributed by atoms with Crippen molar-refractivity contribution in [3.05, 3.63) is 23.2 Å². The molecule has 1 atom stereocenters. The fourth-order valence-corrected chi connectivity index (χ4v) is 1.54. The van der Waals surface area contributed by atoms with Crippen molar-refractivity contribution in [3.63, 3.8) is 0 Å². The van der Waals surface area contributed by atoms with Gasteiger partial charge in [0.1, 0.15) is 0 Å². The minimum Gasteiger partial charge on any atom is -0.397 e. The number of para-hydroxylation sites is 1. The predicted molar refractivity (Wildman–Crippen MR) is 65.2 cm³/mol. The highest BCUT2D eigenvalue weighted by Gasteiger charge is 2.14. The van der Waals surface area contributed by atoms with Gasteiger partial charge in [0.2, 0.25) is 0 Å². The third-order valence-electron chi connectivity index (χ3n) is 2.38. The van der Waals surface area contributed by atoms with Gasteiger partial charge in [0, 0.05) is 0 Å². The molecule has 1 rings (SSSR count). The molecule has 0 aliphatic rings. The minimum atomic E-state index is -0.0350. The van der Waals surface area contributed by atoms with Crippen molar-refractivity contribution < 1.29 is 5.11 Å². The lowest BCUT2D eigenvalue weighted by Crippen LogP contribution is -2.29. The van der Waals surface area contributed by atoms with Gasteiger partial charge >= 0.3 is 0 Å². The normalized spacial score (nSPS) is 12.9. The number of anilines is 2. The van der Waals surface area contributed by atoms with Gasteiger partial charge in [0.25, 0.3) is 0 Å². The molecule has 4 heteroatoms. The van der Waals surface area contributed by atoms with Gasteiger partial charge in [-0.1, -0.05) is 31.5 Å². The van der Waals surface area contributed by atoms with E-state index >= 15 is 0 Å². The smallest absolute Gasteiger partial charge is 0.0766 e. The molecule has 3 nitrogen and oxygen atoms in total. The van der Waals surface area contributed by atoms with Gasteiger partial charge in [0.15, 0.2) is 0 Å². The van der Waals surface area contributed by atoms with E-state index in [9.17, 15) is 5.11 Å². The Balaban J connectivity index is 2.87. The average Bonchev–Trinajstić information content (AvgIpc) is 2.17. The summed E-state index contributed by atoms with van der Waals surface area (Å²) in [6.45, 7) is 4.12. The number of rotatable bonds is 4. The molecular weight excluding hydrogens is 212 g/mol. The monoisotopic (exact) mass is 228 g/mol. The predicted octanol–water partition coefficient (Wildman–Crippen LogP) is 2.35. The van der Waals surface area contributed by atoms with Crippen molar-refractivity contribution in [2.24, 2.45) is 5.92 Å². The first-order chi connectivity index (χ1) is 7.06. The second-order valence-electron chi connectivity index (χ2n) is 3.88. The van der Waals surface area contributed by atoms with Crippen LogP contribution in [0.15, 0.2) is 18.2 Å². The Labute approximate surface area is 95.2 Å². The Morgan fingerprint density at radius 1 is 1.47 bits per heavy atom. The molecule has 1 unspecified atom stereocenters. The van der Waals surface area contributed by atoms with Gasteiger partial charge < -0.3 is 16.2 Å². The molecule has 1 aromatic rings. The Bertz CT molecular complexity index is 308. The number of nitrogens with one attached hydrogen (secondary N) is 1. The number of halogens is 1. The van der Waals surface area contributed by atoms with Gasteiger partial charge in [-0.2, -0.15) is 0 Å². The third-order valence-corrected chi connectivity index (χ3v) is 2.69. The first-order valence-electron chi connectivity index (χ1n) is 4.97. The molecule has 4 N–H and O–H groups in total. The number of hydrogen-bond acceptors (Lipinski definition) is 3. The second-order valence-corrected chi connectivity index (χ2v) is 4.29. The zero-order valence-corrected chi connectivity index (χ0v) is 9.75. The van der Waals surface area contributed by atoms with Crippen LogP contribution in [0.3, 0.4) is 0 Å². The summed E-state index contributed by atoms with van der Waals surface area (Å²) in [7, 11) is 0. The summed E-state index contributed by atoms with van der Waals surface area (Å²) >= 11 is 6.01. The van der Waals surface area contributed by atoms with E-state index in [-0.39, 0.29) is 12.6 Å². The molecule has 0 amide bonds. The van der Waals surface area contributed by atoms with Crippen LogP contribution >= 0.6 is 11.6 Å². The fraction of sp³-hybridized carbons (Fsp3) is 0.455. The topological polar surface area (TPSA) is 58.3 Å². The summed E-state index contributed by atoms with van der Waals surface area (Å²) in [6, 6.07) is 5.32. The van der Waals surface area contributed by atoms with Crippen LogP contribution in [-0.2, 0) is 0 Å². The zero-order valence-electron chi connectivity index (χ0n) is 9.00. The molecule has 1 aromatic carbocycles. The van der Waals surface area contributed by atoms with E-state index in [1.165, 1.54) is 0 Å². The maximum Gasteiger partial charge on any atom is 0.0766 e. The lowest BCUT2D eigenvalue weighted by molar-refractivity contribution is 0.249. The Kier molecular flexibility index (Phi) is 4.24. The van der Waals surface area contributed by atoms with Gasteiger partial charge in [-0.05, 0) is 18.1 Å². The average molecular weight is 229 g/mol. The van der Waals surface area contributed by atoms with Gasteiger partial charge in [-0.15, -0.1) is 0 Å². The number of benzene rings is 1. The molecule has 0 fully saturated rings. The highest BCUT2D eigenvalue weighted by molar-refractivity contribution is 6.33. The molecule has 0 aliphatic heterocycles. The standard InChI is InChI=1S/C11H17ClN2O/c1-7(2)10(6-15)14-11-8(12)4-3-5-9(11)13/h3-5,7,10,14-15H,6,13H2,1-2H3. The number of nitrogens with two attached hydrogens (primary N) is 1. The van der Waals surface area contributed by atoms with E-state index in [1.54, 1.807) is 18.2 Å². The van der Waals surface area contributed by atoms with Crippen LogP contribution in [0, 0.1) is 5.92 Å². The highest BCUT2D eigenvalue weighted by atomic mass is 35.5. The van der Waals surface area contributed by atoms with Crippen molar-refractivity contribution in [1.29, 1.82) is 0 Å². The molecule has 0 saturated heterocycles. The van der Waals surface area contributed by atoms with Crippen molar-refractivity contribution in [2.75, 3.05) is 17.7 Å². The zero-order chi connectivity index (χ0) is 11.4. The lowest BCUT2D eigenvalue weighted by atomic mass is 10.0. The Morgan fingerprint density at radius 2 is 2.13 bits per heavy atom. The molecule has 0 radical (unpaired) electrons. The van der Waals surface area contributed by atoms with Crippen LogP contribution in [0.25, 0.3) is 0 Å². The van der Waals surface area contributed by atoms with E-state index in [0.717, 1.165) is 0 Å². The van der Waals surface area contributed by atoms with E-state index in [1.807, 2.05) is 13.8 Å². The van der Waals surface area contributed by atoms with Crippen LogP contribution in [0.4, 0.5) is 11.4 Å². The Morgan fingerprint density at radius 3 is 2.60 bits per heavy atom. The second kappa shape index (κ2) is 5.24. The number of hydrogen-bond donors (Lipinski definition) is 3. The molecule has 0 aromatic heterocycles. The first kappa shape index (κ1) is 12.1. The highest BCUT2D eigenvalue weighted by Crippen LogP contribution is 2.29. The summed E-state index contributed by atoms with van der Waals surface area (Å²) in [4.78, 5) is 0. The molecule has 0 saturated carbocycles. The van der Waals surface area contributed by atoms with Crippen LogP contribution < -0.4 is 11.1 Å². The maximum absolute atomic E-state index is 9.19. The van der Waals surface area contributed by atoms with Gasteiger partial charge in [0.05, 0.1) is 29.0 Å². The molecule has 0 spiro atoms. The SMILES string of the molecule is CC(C)C(CO)Nc1c(N)cccc1Cl. The molecule has 0 bridgehead atoms.